The van der Waals surface area contributed by atoms with Gasteiger partial charge in [0.25, 0.3) is 5.91 Å². The zero-order valence-electron chi connectivity index (χ0n) is 16.1. The highest BCUT2D eigenvalue weighted by Gasteiger charge is 2.35. The van der Waals surface area contributed by atoms with Crippen LogP contribution in [0.1, 0.15) is 27.9 Å². The van der Waals surface area contributed by atoms with Gasteiger partial charge in [-0.05, 0) is 35.9 Å². The van der Waals surface area contributed by atoms with Crippen LogP contribution in [-0.4, -0.2) is 36.2 Å². The van der Waals surface area contributed by atoms with Gasteiger partial charge in [0.05, 0.1) is 11.5 Å². The minimum absolute atomic E-state index is 0.00130. The molecule has 158 valence electrons. The summed E-state index contributed by atoms with van der Waals surface area (Å²) in [5, 5.41) is 5.18. The van der Waals surface area contributed by atoms with E-state index >= 15 is 0 Å². The summed E-state index contributed by atoms with van der Waals surface area (Å²) < 4.78 is 38.6. The molecule has 1 saturated heterocycles. The Hall–Kier alpha value is -3.36. The van der Waals surface area contributed by atoms with Gasteiger partial charge in [0.2, 0.25) is 11.8 Å². The third-order valence-corrected chi connectivity index (χ3v) is 4.83. The minimum Gasteiger partial charge on any atom is -0.355 e. The number of amides is 3. The van der Waals surface area contributed by atoms with E-state index in [1.165, 1.54) is 30.1 Å². The number of rotatable bonds is 5. The zero-order chi connectivity index (χ0) is 21.9. The van der Waals surface area contributed by atoms with Crippen molar-refractivity contribution in [3.8, 4) is 0 Å². The average molecular weight is 419 g/mol. The molecule has 3 rings (SSSR count). The number of nitrogens with zero attached hydrogens (tertiary/aromatic N) is 1. The van der Waals surface area contributed by atoms with Crippen molar-refractivity contribution in [3.63, 3.8) is 0 Å². The molecule has 0 aliphatic carbocycles. The Labute approximate surface area is 171 Å². The second-order valence-corrected chi connectivity index (χ2v) is 7.02. The van der Waals surface area contributed by atoms with E-state index in [4.69, 9.17) is 0 Å². The predicted octanol–water partition coefficient (Wildman–Crippen LogP) is 3.05. The predicted molar refractivity (Wildman–Crippen MR) is 103 cm³/mol. The summed E-state index contributed by atoms with van der Waals surface area (Å²) in [4.78, 5) is 37.9. The number of carbonyl (C=O) groups excluding carboxylic acids is 3. The van der Waals surface area contributed by atoms with Crippen LogP contribution in [0.4, 0.5) is 18.9 Å². The van der Waals surface area contributed by atoms with Crippen LogP contribution in [0, 0.1) is 5.92 Å². The van der Waals surface area contributed by atoms with E-state index in [1.54, 1.807) is 18.2 Å². The van der Waals surface area contributed by atoms with Crippen LogP contribution in [-0.2, 0) is 22.3 Å². The van der Waals surface area contributed by atoms with Crippen LogP contribution >= 0.6 is 0 Å². The van der Waals surface area contributed by atoms with E-state index < -0.39 is 17.7 Å². The fourth-order valence-corrected chi connectivity index (χ4v) is 3.29. The monoisotopic (exact) mass is 419 g/mol. The molecule has 0 bridgehead atoms. The van der Waals surface area contributed by atoms with Crippen molar-refractivity contribution in [1.29, 1.82) is 0 Å². The van der Waals surface area contributed by atoms with E-state index in [-0.39, 0.29) is 37.2 Å². The Morgan fingerprint density at radius 1 is 1.13 bits per heavy atom. The van der Waals surface area contributed by atoms with Gasteiger partial charge >= 0.3 is 6.18 Å². The number of alkyl halides is 3. The molecule has 9 heteroatoms. The first-order valence-electron chi connectivity index (χ1n) is 9.24. The van der Waals surface area contributed by atoms with E-state index in [9.17, 15) is 27.6 Å². The summed E-state index contributed by atoms with van der Waals surface area (Å²) in [5.74, 6) is -1.61. The highest BCUT2D eigenvalue weighted by molar-refractivity contribution is 5.99. The van der Waals surface area contributed by atoms with Crippen molar-refractivity contribution in [1.82, 2.24) is 10.2 Å². The molecule has 0 aromatic heterocycles. The average Bonchev–Trinajstić information content (AvgIpc) is 3.07. The second-order valence-electron chi connectivity index (χ2n) is 7.02. The highest BCUT2D eigenvalue weighted by Crippen LogP contribution is 2.30. The number of anilines is 1. The molecule has 2 aromatic carbocycles. The van der Waals surface area contributed by atoms with Gasteiger partial charge in [-0.15, -0.1) is 0 Å². The first-order chi connectivity index (χ1) is 14.2. The molecule has 30 heavy (non-hydrogen) atoms. The molecule has 1 aliphatic heterocycles. The number of carbonyl (C=O) groups is 3. The van der Waals surface area contributed by atoms with Crippen LogP contribution in [0.15, 0.2) is 48.5 Å². The number of nitrogens with one attached hydrogen (secondary N) is 2. The molecule has 1 unspecified atom stereocenters. The lowest BCUT2D eigenvalue weighted by molar-refractivity contribution is -0.137. The molecule has 1 atom stereocenters. The number of hydrogen-bond donors (Lipinski definition) is 2. The highest BCUT2D eigenvalue weighted by atomic mass is 19.4. The van der Waals surface area contributed by atoms with Gasteiger partial charge in [-0.2, -0.15) is 13.2 Å². The van der Waals surface area contributed by atoms with Crippen molar-refractivity contribution < 1.29 is 27.6 Å². The van der Waals surface area contributed by atoms with Crippen LogP contribution < -0.4 is 10.6 Å². The Bertz CT molecular complexity index is 975. The normalized spacial score (nSPS) is 16.5. The van der Waals surface area contributed by atoms with Crippen molar-refractivity contribution in [2.24, 2.45) is 5.92 Å². The minimum atomic E-state index is -4.46. The molecule has 3 amide bonds. The van der Waals surface area contributed by atoms with E-state index in [1.807, 2.05) is 0 Å². The SMILES string of the molecule is CNC(=O)c1cccc(NC(=O)C2CC(=O)N(Cc3cccc(C(F)(F)F)c3)C2)c1. The van der Waals surface area contributed by atoms with Crippen LogP contribution in [0.2, 0.25) is 0 Å². The molecule has 2 N–H and O–H groups in total. The van der Waals surface area contributed by atoms with Crippen molar-refractivity contribution in [2.45, 2.75) is 19.1 Å². The van der Waals surface area contributed by atoms with Gasteiger partial charge in [0.1, 0.15) is 0 Å². The van der Waals surface area contributed by atoms with Gasteiger partial charge in [-0.1, -0.05) is 18.2 Å². The summed E-state index contributed by atoms with van der Waals surface area (Å²) in [6.45, 7) is 0.106. The maximum Gasteiger partial charge on any atom is 0.416 e. The maximum absolute atomic E-state index is 12.9. The lowest BCUT2D eigenvalue weighted by atomic mass is 10.1. The van der Waals surface area contributed by atoms with Gasteiger partial charge in [0, 0.05) is 37.8 Å². The fraction of sp³-hybridized carbons (Fsp3) is 0.286. The van der Waals surface area contributed by atoms with Crippen LogP contribution in [0.5, 0.6) is 0 Å². The van der Waals surface area contributed by atoms with Gasteiger partial charge in [-0.25, -0.2) is 0 Å². The van der Waals surface area contributed by atoms with E-state index in [0.29, 0.717) is 16.8 Å². The largest absolute Gasteiger partial charge is 0.416 e. The molecule has 1 fully saturated rings. The zero-order valence-corrected chi connectivity index (χ0v) is 16.1. The van der Waals surface area contributed by atoms with Gasteiger partial charge in [-0.3, -0.25) is 14.4 Å². The van der Waals surface area contributed by atoms with Gasteiger partial charge in [0.15, 0.2) is 0 Å². The van der Waals surface area contributed by atoms with Crippen molar-refractivity contribution in [2.75, 3.05) is 18.9 Å². The first-order valence-corrected chi connectivity index (χ1v) is 9.24. The van der Waals surface area contributed by atoms with Crippen molar-refractivity contribution >= 4 is 23.4 Å². The third kappa shape index (κ3) is 4.97. The molecule has 1 aliphatic rings. The molecule has 6 nitrogen and oxygen atoms in total. The lowest BCUT2D eigenvalue weighted by Crippen LogP contribution is -2.28. The summed E-state index contributed by atoms with van der Waals surface area (Å²) in [7, 11) is 1.50. The number of benzene rings is 2. The summed E-state index contributed by atoms with van der Waals surface area (Å²) in [6.07, 6.45) is -4.49. The molecule has 0 spiro atoms. The standard InChI is InChI=1S/C21H20F3N3O3/c1-25-19(29)14-5-3-7-17(9-14)26-20(30)15-10-18(28)27(12-15)11-13-4-2-6-16(8-13)21(22,23)24/h2-9,15H,10-12H2,1H3,(H,25,29)(H,26,30). The molecule has 0 radical (unpaired) electrons. The van der Waals surface area contributed by atoms with Crippen LogP contribution in [0.3, 0.4) is 0 Å². The maximum atomic E-state index is 12.9. The van der Waals surface area contributed by atoms with Crippen LogP contribution in [0.25, 0.3) is 0 Å². The third-order valence-electron chi connectivity index (χ3n) is 4.83. The molecular formula is C21H20F3N3O3. The van der Waals surface area contributed by atoms with E-state index in [2.05, 4.69) is 10.6 Å². The molecule has 2 aromatic rings. The smallest absolute Gasteiger partial charge is 0.355 e. The molecule has 1 heterocycles. The summed E-state index contributed by atoms with van der Waals surface area (Å²) >= 11 is 0. The summed E-state index contributed by atoms with van der Waals surface area (Å²) in [5.41, 5.74) is 0.364. The van der Waals surface area contributed by atoms with Crippen molar-refractivity contribution in [3.05, 3.63) is 65.2 Å². The fourth-order valence-electron chi connectivity index (χ4n) is 3.29. The second kappa shape index (κ2) is 8.56. The molecular weight excluding hydrogens is 399 g/mol. The Morgan fingerprint density at radius 2 is 1.87 bits per heavy atom. The number of halogens is 3. The Balaban J connectivity index is 1.64. The molecule has 0 saturated carbocycles. The lowest BCUT2D eigenvalue weighted by Gasteiger charge is -2.18. The Kier molecular flexibility index (Phi) is 6.09. The quantitative estimate of drug-likeness (QED) is 0.782. The summed E-state index contributed by atoms with van der Waals surface area (Å²) in [6, 6.07) is 11.2. The van der Waals surface area contributed by atoms with E-state index in [0.717, 1.165) is 12.1 Å². The number of likely N-dealkylation sites (tertiary alicyclic amines) is 1. The number of hydrogen-bond acceptors (Lipinski definition) is 3. The van der Waals surface area contributed by atoms with Gasteiger partial charge < -0.3 is 15.5 Å². The topological polar surface area (TPSA) is 78.5 Å². The first kappa shape index (κ1) is 21.4. The Morgan fingerprint density at radius 3 is 2.57 bits per heavy atom.